The first-order valence-corrected chi connectivity index (χ1v) is 3.40. The molecule has 1 rings (SSSR count). The van der Waals surface area contributed by atoms with Crippen LogP contribution in [-0.2, 0) is 0 Å². The summed E-state index contributed by atoms with van der Waals surface area (Å²) in [5.74, 6) is -0.492. The highest BCUT2D eigenvalue weighted by Gasteiger charge is 2.21. The summed E-state index contributed by atoms with van der Waals surface area (Å²) in [7, 11) is 1.57. The van der Waals surface area contributed by atoms with Crippen LogP contribution in [0, 0.1) is 0 Å². The number of rotatable bonds is 0. The van der Waals surface area contributed by atoms with E-state index in [1.54, 1.807) is 7.05 Å². The van der Waals surface area contributed by atoms with Crippen LogP contribution >= 0.6 is 23.2 Å². The molecule has 0 aromatic rings. The third kappa shape index (κ3) is 1.25. The molecule has 0 aromatic heterocycles. The lowest BCUT2D eigenvalue weighted by molar-refractivity contribution is 0.431. The number of halogens is 3. The van der Waals surface area contributed by atoms with E-state index in [1.165, 1.54) is 4.90 Å². The van der Waals surface area contributed by atoms with Gasteiger partial charge < -0.3 is 4.90 Å². The van der Waals surface area contributed by atoms with Gasteiger partial charge in [0.1, 0.15) is 0 Å². The van der Waals surface area contributed by atoms with Gasteiger partial charge in [0.05, 0.1) is 6.20 Å². The highest BCUT2D eigenvalue weighted by Crippen LogP contribution is 2.20. The zero-order chi connectivity index (χ0) is 7.72. The third-order valence-corrected chi connectivity index (χ3v) is 2.02. The fourth-order valence-electron chi connectivity index (χ4n) is 0.546. The van der Waals surface area contributed by atoms with E-state index in [2.05, 4.69) is 4.99 Å². The predicted octanol–water partition coefficient (Wildman–Crippen LogP) is 1.90. The van der Waals surface area contributed by atoms with Crippen molar-refractivity contribution in [1.82, 2.24) is 4.90 Å². The maximum absolute atomic E-state index is 12.5. The number of aliphatic imine (C=N–C) groups is 1. The highest BCUT2D eigenvalue weighted by atomic mass is 35.5. The van der Waals surface area contributed by atoms with Crippen molar-refractivity contribution < 1.29 is 4.39 Å². The second kappa shape index (κ2) is 2.76. The van der Waals surface area contributed by atoms with Crippen LogP contribution in [0.1, 0.15) is 0 Å². The maximum atomic E-state index is 12.5. The Balaban J connectivity index is 2.86. The topological polar surface area (TPSA) is 15.6 Å². The number of likely N-dealkylation sites (N-methyl/N-ethyl adjacent to an activating group) is 1. The summed E-state index contributed by atoms with van der Waals surface area (Å²) in [6.45, 7) is 0. The minimum absolute atomic E-state index is 0.196. The Morgan fingerprint density at radius 1 is 1.80 bits per heavy atom. The van der Waals surface area contributed by atoms with E-state index in [9.17, 15) is 4.39 Å². The number of hydrogen-bond donors (Lipinski definition) is 0. The Morgan fingerprint density at radius 3 is 2.90 bits per heavy atom. The fourth-order valence-corrected chi connectivity index (χ4v) is 0.891. The van der Waals surface area contributed by atoms with Crippen LogP contribution in [0.2, 0.25) is 0 Å². The van der Waals surface area contributed by atoms with Gasteiger partial charge in [0.15, 0.2) is 16.6 Å². The lowest BCUT2D eigenvalue weighted by Gasteiger charge is -2.23. The molecule has 0 radical (unpaired) electrons. The number of alkyl halides is 1. The highest BCUT2D eigenvalue weighted by molar-refractivity contribution is 6.65. The van der Waals surface area contributed by atoms with Gasteiger partial charge in [0.25, 0.3) is 0 Å². The fraction of sp³-hybridized carbons (Fsp3) is 0.400. The molecule has 1 aliphatic heterocycles. The Morgan fingerprint density at radius 2 is 2.40 bits per heavy atom. The lowest BCUT2D eigenvalue weighted by atomic mass is 10.5. The molecule has 0 saturated heterocycles. The van der Waals surface area contributed by atoms with E-state index in [4.69, 9.17) is 23.2 Å². The van der Waals surface area contributed by atoms with Crippen molar-refractivity contribution in [1.29, 1.82) is 0 Å². The van der Waals surface area contributed by atoms with Crippen LogP contribution < -0.4 is 0 Å². The van der Waals surface area contributed by atoms with Gasteiger partial charge in [-0.3, -0.25) is 0 Å². The van der Waals surface area contributed by atoms with E-state index < -0.39 is 11.3 Å². The van der Waals surface area contributed by atoms with Crippen molar-refractivity contribution in [3.05, 3.63) is 12.0 Å². The third-order valence-electron chi connectivity index (χ3n) is 1.15. The Hall–Kier alpha value is -0.280. The molecule has 0 saturated carbocycles. The smallest absolute Gasteiger partial charge is 0.199 e. The summed E-state index contributed by atoms with van der Waals surface area (Å²) in [6, 6.07) is 0. The average Bonchev–Trinajstić information content (AvgIpc) is 1.93. The van der Waals surface area contributed by atoms with Crippen molar-refractivity contribution in [3.63, 3.8) is 0 Å². The van der Waals surface area contributed by atoms with Gasteiger partial charge in [-0.25, -0.2) is 9.38 Å². The van der Waals surface area contributed by atoms with Gasteiger partial charge in [-0.1, -0.05) is 11.6 Å². The molecule has 0 N–H and O–H groups in total. The lowest BCUT2D eigenvalue weighted by Crippen LogP contribution is -2.32. The Kier molecular flexibility index (Phi) is 2.16. The zero-order valence-electron chi connectivity index (χ0n) is 5.18. The standard InChI is InChI=1S/C5H5Cl2FN2/c1-10-4(6)3(8)2-9-5(10)7/h2,4H,1H3. The number of amidine groups is 1. The first-order valence-electron chi connectivity index (χ1n) is 2.58. The molecule has 0 amide bonds. The van der Waals surface area contributed by atoms with Crippen LogP contribution in [0.3, 0.4) is 0 Å². The first kappa shape index (κ1) is 7.82. The predicted molar refractivity (Wildman–Crippen MR) is 39.9 cm³/mol. The van der Waals surface area contributed by atoms with E-state index in [0.717, 1.165) is 6.20 Å². The quantitative estimate of drug-likeness (QED) is 0.413. The SMILES string of the molecule is CN1C(Cl)=NC=C(F)C1Cl. The average molecular weight is 183 g/mol. The summed E-state index contributed by atoms with van der Waals surface area (Å²) >= 11 is 11.0. The minimum Gasteiger partial charge on any atom is -0.328 e. The normalized spacial score (nSPS) is 26.0. The summed E-state index contributed by atoms with van der Waals surface area (Å²) in [6.07, 6.45) is 1.01. The van der Waals surface area contributed by atoms with Crippen molar-refractivity contribution in [3.8, 4) is 0 Å². The maximum Gasteiger partial charge on any atom is 0.199 e. The van der Waals surface area contributed by atoms with Crippen LogP contribution in [0.15, 0.2) is 17.0 Å². The molecule has 0 aliphatic carbocycles. The van der Waals surface area contributed by atoms with Gasteiger partial charge >= 0.3 is 0 Å². The van der Waals surface area contributed by atoms with Crippen LogP contribution in [0.25, 0.3) is 0 Å². The van der Waals surface area contributed by atoms with E-state index in [1.807, 2.05) is 0 Å². The molecule has 2 nitrogen and oxygen atoms in total. The molecule has 0 aromatic carbocycles. The van der Waals surface area contributed by atoms with Crippen molar-refractivity contribution in [2.24, 2.45) is 4.99 Å². The molecule has 1 atom stereocenters. The van der Waals surface area contributed by atoms with E-state index in [-0.39, 0.29) is 5.29 Å². The zero-order valence-corrected chi connectivity index (χ0v) is 6.69. The summed E-state index contributed by atoms with van der Waals surface area (Å²) in [5, 5.41) is 0.196. The summed E-state index contributed by atoms with van der Waals surface area (Å²) in [4.78, 5) is 4.86. The molecular formula is C5H5Cl2FN2. The molecule has 0 fully saturated rings. The van der Waals surface area contributed by atoms with Gasteiger partial charge in [0, 0.05) is 7.05 Å². The molecule has 1 heterocycles. The van der Waals surface area contributed by atoms with Gasteiger partial charge in [-0.2, -0.15) is 0 Å². The second-order valence-electron chi connectivity index (χ2n) is 1.86. The van der Waals surface area contributed by atoms with Gasteiger partial charge in [-0.15, -0.1) is 0 Å². The second-order valence-corrected chi connectivity index (χ2v) is 2.61. The molecular weight excluding hydrogens is 178 g/mol. The molecule has 5 heteroatoms. The van der Waals surface area contributed by atoms with Crippen LogP contribution in [-0.4, -0.2) is 22.7 Å². The van der Waals surface area contributed by atoms with E-state index >= 15 is 0 Å². The summed E-state index contributed by atoms with van der Waals surface area (Å²) in [5.41, 5.74) is -0.815. The largest absolute Gasteiger partial charge is 0.328 e. The van der Waals surface area contributed by atoms with Gasteiger partial charge in [-0.05, 0) is 11.6 Å². The molecule has 1 aliphatic rings. The number of hydrogen-bond acceptors (Lipinski definition) is 2. The summed E-state index contributed by atoms with van der Waals surface area (Å²) < 4.78 is 12.5. The van der Waals surface area contributed by atoms with Crippen LogP contribution in [0.5, 0.6) is 0 Å². The minimum atomic E-state index is -0.815. The van der Waals surface area contributed by atoms with E-state index in [0.29, 0.717) is 0 Å². The molecule has 10 heavy (non-hydrogen) atoms. The van der Waals surface area contributed by atoms with Crippen molar-refractivity contribution in [2.45, 2.75) is 5.50 Å². The Labute approximate surface area is 67.9 Å². The molecule has 56 valence electrons. The number of nitrogens with zero attached hydrogens (tertiary/aromatic N) is 2. The van der Waals surface area contributed by atoms with Crippen molar-refractivity contribution >= 4 is 28.5 Å². The monoisotopic (exact) mass is 182 g/mol. The van der Waals surface area contributed by atoms with Crippen LogP contribution in [0.4, 0.5) is 4.39 Å². The molecule has 1 unspecified atom stereocenters. The Bertz CT molecular complexity index is 180. The van der Waals surface area contributed by atoms with Crippen molar-refractivity contribution in [2.75, 3.05) is 7.05 Å². The molecule has 0 spiro atoms. The molecule has 0 bridgehead atoms. The van der Waals surface area contributed by atoms with Gasteiger partial charge in [0.2, 0.25) is 0 Å². The first-order chi connectivity index (χ1) is 4.63.